The summed E-state index contributed by atoms with van der Waals surface area (Å²) in [7, 11) is 0. The second-order valence-corrected chi connectivity index (χ2v) is 6.10. The van der Waals surface area contributed by atoms with E-state index in [1.54, 1.807) is 0 Å². The van der Waals surface area contributed by atoms with Crippen LogP contribution in [0.15, 0.2) is 12.4 Å². The van der Waals surface area contributed by atoms with Crippen molar-refractivity contribution < 1.29 is 0 Å². The lowest BCUT2D eigenvalue weighted by molar-refractivity contribution is 0.459. The Kier molecular flexibility index (Phi) is 6.22. The average Bonchev–Trinajstić information content (AvgIpc) is 2.89. The zero-order chi connectivity index (χ0) is 13.6. The Bertz CT molecular complexity index is 336. The predicted molar refractivity (Wildman–Crippen MR) is 81.1 cm³/mol. The van der Waals surface area contributed by atoms with Gasteiger partial charge in [0.05, 0.1) is 6.20 Å². The molecule has 4 heteroatoms. The van der Waals surface area contributed by atoms with Crippen LogP contribution in [0.4, 0.5) is 0 Å². The van der Waals surface area contributed by atoms with E-state index >= 15 is 0 Å². The van der Waals surface area contributed by atoms with Crippen molar-refractivity contribution in [3.63, 3.8) is 0 Å². The van der Waals surface area contributed by atoms with Gasteiger partial charge in [-0.05, 0) is 32.9 Å². The zero-order valence-electron chi connectivity index (χ0n) is 12.4. The van der Waals surface area contributed by atoms with Gasteiger partial charge in [0, 0.05) is 35.6 Å². The summed E-state index contributed by atoms with van der Waals surface area (Å²) in [4.78, 5) is 0. The highest BCUT2D eigenvalue weighted by atomic mass is 32.2. The minimum Gasteiger partial charge on any atom is -0.309 e. The van der Waals surface area contributed by atoms with Crippen LogP contribution in [0.3, 0.4) is 0 Å². The van der Waals surface area contributed by atoms with Crippen LogP contribution in [0.1, 0.15) is 52.1 Å². The van der Waals surface area contributed by atoms with E-state index in [0.29, 0.717) is 10.8 Å². The van der Waals surface area contributed by atoms with Gasteiger partial charge in [-0.1, -0.05) is 13.8 Å². The first-order valence-electron chi connectivity index (χ1n) is 6.91. The van der Waals surface area contributed by atoms with Crippen LogP contribution in [0.25, 0.3) is 0 Å². The van der Waals surface area contributed by atoms with Crippen molar-refractivity contribution in [2.24, 2.45) is 0 Å². The largest absolute Gasteiger partial charge is 0.309 e. The molecule has 0 fully saturated rings. The molecular weight excluding hydrogens is 242 g/mol. The van der Waals surface area contributed by atoms with E-state index in [4.69, 9.17) is 0 Å². The summed E-state index contributed by atoms with van der Waals surface area (Å²) in [6.45, 7) is 10.9. The SMILES string of the molecule is CCn1cc(C(C)NCC(CC)(CC)SC)cn1. The molecule has 1 aromatic rings. The minimum atomic E-state index is 0.370. The number of hydrogen-bond acceptors (Lipinski definition) is 3. The Balaban J connectivity index is 2.56. The first-order valence-corrected chi connectivity index (χ1v) is 8.14. The Labute approximate surface area is 116 Å². The molecule has 1 aromatic heterocycles. The predicted octanol–water partition coefficient (Wildman–Crippen LogP) is 3.48. The summed E-state index contributed by atoms with van der Waals surface area (Å²) in [6, 6.07) is 0.370. The monoisotopic (exact) mass is 269 g/mol. The van der Waals surface area contributed by atoms with E-state index in [1.807, 2.05) is 22.6 Å². The molecule has 104 valence electrons. The molecule has 0 aliphatic heterocycles. The second kappa shape index (κ2) is 7.19. The fraction of sp³-hybridized carbons (Fsp3) is 0.786. The first kappa shape index (κ1) is 15.6. The molecule has 0 amide bonds. The maximum atomic E-state index is 4.33. The van der Waals surface area contributed by atoms with E-state index in [-0.39, 0.29) is 0 Å². The zero-order valence-corrected chi connectivity index (χ0v) is 13.2. The number of aromatic nitrogens is 2. The molecule has 1 unspecified atom stereocenters. The molecular formula is C14H27N3S. The highest BCUT2D eigenvalue weighted by molar-refractivity contribution is 8.00. The molecule has 0 saturated heterocycles. The number of nitrogens with zero attached hydrogens (tertiary/aromatic N) is 2. The fourth-order valence-electron chi connectivity index (χ4n) is 2.09. The fourth-order valence-corrected chi connectivity index (χ4v) is 2.90. The van der Waals surface area contributed by atoms with Gasteiger partial charge in [0.25, 0.3) is 0 Å². The normalized spacial score (nSPS) is 13.8. The van der Waals surface area contributed by atoms with Gasteiger partial charge < -0.3 is 5.32 Å². The summed E-state index contributed by atoms with van der Waals surface area (Å²) in [6.07, 6.45) is 8.74. The number of rotatable bonds is 8. The standard InChI is InChI=1S/C14H27N3S/c1-6-14(7-2,18-5)11-15-12(4)13-9-16-17(8-3)10-13/h9-10,12,15H,6-8,11H2,1-5H3. The molecule has 0 aliphatic rings. The molecule has 18 heavy (non-hydrogen) atoms. The van der Waals surface area contributed by atoms with Crippen LogP contribution in [0, 0.1) is 0 Å². The summed E-state index contributed by atoms with van der Waals surface area (Å²) >= 11 is 1.98. The Morgan fingerprint density at radius 3 is 2.50 bits per heavy atom. The van der Waals surface area contributed by atoms with Crippen LogP contribution in [-0.4, -0.2) is 27.3 Å². The lowest BCUT2D eigenvalue weighted by Gasteiger charge is -2.31. The van der Waals surface area contributed by atoms with Crippen LogP contribution in [-0.2, 0) is 6.54 Å². The highest BCUT2D eigenvalue weighted by Crippen LogP contribution is 2.30. The van der Waals surface area contributed by atoms with Gasteiger partial charge in [0.15, 0.2) is 0 Å². The number of aryl methyl sites for hydroxylation is 1. The summed E-state index contributed by atoms with van der Waals surface area (Å²) in [5.74, 6) is 0. The molecule has 0 spiro atoms. The number of thioether (sulfide) groups is 1. The Hall–Kier alpha value is -0.480. The lowest BCUT2D eigenvalue weighted by atomic mass is 10.0. The third-order valence-corrected chi connectivity index (χ3v) is 5.52. The van der Waals surface area contributed by atoms with Crippen LogP contribution < -0.4 is 5.32 Å². The number of nitrogens with one attached hydrogen (secondary N) is 1. The molecule has 0 aromatic carbocycles. The van der Waals surface area contributed by atoms with Gasteiger partial charge in [-0.15, -0.1) is 0 Å². The van der Waals surface area contributed by atoms with Crippen molar-refractivity contribution >= 4 is 11.8 Å². The smallest absolute Gasteiger partial charge is 0.0537 e. The number of hydrogen-bond donors (Lipinski definition) is 1. The van der Waals surface area contributed by atoms with Crippen molar-refractivity contribution in [3.05, 3.63) is 18.0 Å². The topological polar surface area (TPSA) is 29.9 Å². The lowest BCUT2D eigenvalue weighted by Crippen LogP contribution is -2.37. The molecule has 3 nitrogen and oxygen atoms in total. The summed E-state index contributed by atoms with van der Waals surface area (Å²) in [5, 5.41) is 7.99. The maximum absolute atomic E-state index is 4.33. The Morgan fingerprint density at radius 2 is 2.06 bits per heavy atom. The average molecular weight is 269 g/mol. The van der Waals surface area contributed by atoms with Gasteiger partial charge in [-0.2, -0.15) is 16.9 Å². The third-order valence-electron chi connectivity index (χ3n) is 3.93. The van der Waals surface area contributed by atoms with Crippen molar-refractivity contribution in [2.45, 2.75) is 57.9 Å². The van der Waals surface area contributed by atoms with E-state index in [1.165, 1.54) is 18.4 Å². The molecule has 1 atom stereocenters. The molecule has 0 saturated carbocycles. The van der Waals surface area contributed by atoms with Crippen LogP contribution in [0.5, 0.6) is 0 Å². The highest BCUT2D eigenvalue weighted by Gasteiger charge is 2.25. The van der Waals surface area contributed by atoms with E-state index < -0.39 is 0 Å². The summed E-state index contributed by atoms with van der Waals surface area (Å²) < 4.78 is 2.35. The molecule has 1 heterocycles. The van der Waals surface area contributed by atoms with Crippen LogP contribution in [0.2, 0.25) is 0 Å². The van der Waals surface area contributed by atoms with Crippen LogP contribution >= 0.6 is 11.8 Å². The molecule has 0 bridgehead atoms. The van der Waals surface area contributed by atoms with Gasteiger partial charge in [-0.3, -0.25) is 4.68 Å². The van der Waals surface area contributed by atoms with Gasteiger partial charge in [0.1, 0.15) is 0 Å². The minimum absolute atomic E-state index is 0.370. The van der Waals surface area contributed by atoms with E-state index in [2.05, 4.69) is 50.6 Å². The maximum Gasteiger partial charge on any atom is 0.0537 e. The first-order chi connectivity index (χ1) is 8.60. The summed E-state index contributed by atoms with van der Waals surface area (Å²) in [5.41, 5.74) is 1.28. The van der Waals surface area contributed by atoms with Crippen molar-refractivity contribution in [3.8, 4) is 0 Å². The van der Waals surface area contributed by atoms with E-state index in [9.17, 15) is 0 Å². The molecule has 1 N–H and O–H groups in total. The molecule has 0 radical (unpaired) electrons. The van der Waals surface area contributed by atoms with Crippen molar-refractivity contribution in [2.75, 3.05) is 12.8 Å². The van der Waals surface area contributed by atoms with Gasteiger partial charge >= 0.3 is 0 Å². The quantitative estimate of drug-likeness (QED) is 0.783. The van der Waals surface area contributed by atoms with E-state index in [0.717, 1.165) is 13.1 Å². The van der Waals surface area contributed by atoms with Crippen molar-refractivity contribution in [1.29, 1.82) is 0 Å². The second-order valence-electron chi connectivity index (χ2n) is 4.83. The third kappa shape index (κ3) is 3.75. The van der Waals surface area contributed by atoms with Gasteiger partial charge in [0.2, 0.25) is 0 Å². The van der Waals surface area contributed by atoms with Gasteiger partial charge in [-0.25, -0.2) is 0 Å². The van der Waals surface area contributed by atoms with Crippen molar-refractivity contribution in [1.82, 2.24) is 15.1 Å². The Morgan fingerprint density at radius 1 is 1.39 bits per heavy atom. The molecule has 1 rings (SSSR count). The molecule has 0 aliphatic carbocycles.